The van der Waals surface area contributed by atoms with Gasteiger partial charge in [-0.25, -0.2) is 4.39 Å². The third-order valence-corrected chi connectivity index (χ3v) is 3.64. The lowest BCUT2D eigenvalue weighted by Crippen LogP contribution is -1.90. The van der Waals surface area contributed by atoms with Crippen molar-refractivity contribution in [2.45, 2.75) is 0 Å². The summed E-state index contributed by atoms with van der Waals surface area (Å²) in [6, 6.07) is 3.38. The lowest BCUT2D eigenvalue weighted by atomic mass is 10.3. The van der Waals surface area contributed by atoms with Crippen LogP contribution in [-0.4, -0.2) is 7.11 Å². The molecule has 1 rings (SSSR count). The van der Waals surface area contributed by atoms with Crippen molar-refractivity contribution >= 4 is 38.5 Å². The summed E-state index contributed by atoms with van der Waals surface area (Å²) in [6.45, 7) is 0. The summed E-state index contributed by atoms with van der Waals surface area (Å²) >= 11 is 5.15. The van der Waals surface area contributed by atoms with Crippen LogP contribution < -0.4 is 4.74 Å². The molecule has 0 spiro atoms. The Hall–Kier alpha value is 0.160. The van der Waals surface area contributed by atoms with E-state index >= 15 is 0 Å². The first-order valence-corrected chi connectivity index (χ1v) is 4.71. The minimum absolute atomic E-state index is 0.261. The number of hydrogen-bond acceptors (Lipinski definition) is 1. The Kier molecular flexibility index (Phi) is 3.12. The molecule has 1 aromatic rings. The lowest BCUT2D eigenvalue weighted by Gasteiger charge is -2.03. The minimum atomic E-state index is -0.348. The molecule has 0 aliphatic heterocycles. The van der Waals surface area contributed by atoms with E-state index in [1.807, 2.05) is 22.6 Å². The Bertz CT molecular complexity index is 277. The van der Waals surface area contributed by atoms with Gasteiger partial charge in [-0.15, -0.1) is 0 Å². The van der Waals surface area contributed by atoms with Crippen molar-refractivity contribution in [3.63, 3.8) is 0 Å². The number of hydrogen-bond donors (Lipinski definition) is 0. The van der Waals surface area contributed by atoms with E-state index in [9.17, 15) is 4.39 Å². The summed E-state index contributed by atoms with van der Waals surface area (Å²) in [6.07, 6.45) is 0. The van der Waals surface area contributed by atoms with E-state index < -0.39 is 0 Å². The molecule has 0 saturated carbocycles. The topological polar surface area (TPSA) is 9.23 Å². The number of halogens is 3. The molecule has 60 valence electrons. The molecule has 0 radical (unpaired) electrons. The summed E-state index contributed by atoms with van der Waals surface area (Å²) in [5.74, 6) is -0.0864. The summed E-state index contributed by atoms with van der Waals surface area (Å²) < 4.78 is 19.1. The highest BCUT2D eigenvalue weighted by Gasteiger charge is 2.08. The molecule has 4 heteroatoms. The molecule has 0 atom stereocenters. The largest absolute Gasteiger partial charge is 0.494 e. The number of rotatable bonds is 1. The van der Waals surface area contributed by atoms with Gasteiger partial charge in [0.05, 0.1) is 11.6 Å². The molecule has 0 bridgehead atoms. The first-order valence-electron chi connectivity index (χ1n) is 2.84. The van der Waals surface area contributed by atoms with Crippen LogP contribution in [0.4, 0.5) is 4.39 Å². The zero-order valence-corrected chi connectivity index (χ0v) is 9.44. The molecule has 1 nitrogen and oxygen atoms in total. The minimum Gasteiger partial charge on any atom is -0.494 e. The van der Waals surface area contributed by atoms with Crippen molar-refractivity contribution in [3.8, 4) is 5.75 Å². The van der Waals surface area contributed by atoms with E-state index in [0.717, 1.165) is 3.57 Å². The second kappa shape index (κ2) is 3.71. The summed E-state index contributed by atoms with van der Waals surface area (Å²) in [5, 5.41) is 0. The zero-order valence-electron chi connectivity index (χ0n) is 5.70. The second-order valence-electron chi connectivity index (χ2n) is 1.88. The van der Waals surface area contributed by atoms with Crippen LogP contribution >= 0.6 is 38.5 Å². The third-order valence-electron chi connectivity index (χ3n) is 1.22. The van der Waals surface area contributed by atoms with Crippen LogP contribution in [-0.2, 0) is 0 Å². The first-order chi connectivity index (χ1) is 5.16. The number of methoxy groups -OCH3 is 1. The average Bonchev–Trinajstić information content (AvgIpc) is 2.01. The Labute approximate surface area is 86.2 Å². The Morgan fingerprint density at radius 2 is 2.18 bits per heavy atom. The molecule has 0 aliphatic rings. The fourth-order valence-electron chi connectivity index (χ4n) is 0.666. The van der Waals surface area contributed by atoms with E-state index in [-0.39, 0.29) is 11.6 Å². The van der Waals surface area contributed by atoms with E-state index in [1.54, 1.807) is 12.1 Å². The van der Waals surface area contributed by atoms with E-state index in [2.05, 4.69) is 15.9 Å². The van der Waals surface area contributed by atoms with Gasteiger partial charge >= 0.3 is 0 Å². The SMILES string of the molecule is COc1ccc(I)c(Br)c1F. The van der Waals surface area contributed by atoms with Gasteiger partial charge < -0.3 is 4.74 Å². The van der Waals surface area contributed by atoms with Crippen LogP contribution in [0.2, 0.25) is 0 Å². The molecule has 0 amide bonds. The zero-order chi connectivity index (χ0) is 8.43. The smallest absolute Gasteiger partial charge is 0.180 e. The van der Waals surface area contributed by atoms with Crippen LogP contribution in [0.1, 0.15) is 0 Å². The predicted octanol–water partition coefficient (Wildman–Crippen LogP) is 3.20. The second-order valence-corrected chi connectivity index (χ2v) is 3.83. The van der Waals surface area contributed by atoms with Gasteiger partial charge in [-0.3, -0.25) is 0 Å². The molecule has 0 aliphatic carbocycles. The molecule has 1 aromatic carbocycles. The van der Waals surface area contributed by atoms with Gasteiger partial charge in [0.2, 0.25) is 0 Å². The fraction of sp³-hybridized carbons (Fsp3) is 0.143. The van der Waals surface area contributed by atoms with Crippen molar-refractivity contribution < 1.29 is 9.13 Å². The predicted molar refractivity (Wildman–Crippen MR) is 53.4 cm³/mol. The summed E-state index contributed by atoms with van der Waals surface area (Å²) in [7, 11) is 1.44. The van der Waals surface area contributed by atoms with Crippen molar-refractivity contribution in [2.24, 2.45) is 0 Å². The Morgan fingerprint density at radius 1 is 1.55 bits per heavy atom. The normalized spacial score (nSPS) is 9.82. The molecule has 0 heterocycles. The van der Waals surface area contributed by atoms with Crippen molar-refractivity contribution in [1.82, 2.24) is 0 Å². The highest BCUT2D eigenvalue weighted by atomic mass is 127. The standard InChI is InChI=1S/C7H5BrFIO/c1-11-5-3-2-4(10)6(8)7(5)9/h2-3H,1H3. The highest BCUT2D eigenvalue weighted by molar-refractivity contribution is 14.1. The van der Waals surface area contributed by atoms with Gasteiger partial charge in [0.1, 0.15) is 0 Å². The monoisotopic (exact) mass is 330 g/mol. The molecule has 0 saturated heterocycles. The van der Waals surface area contributed by atoms with Gasteiger partial charge in [0, 0.05) is 3.57 Å². The molecule has 11 heavy (non-hydrogen) atoms. The Morgan fingerprint density at radius 3 is 2.73 bits per heavy atom. The fourth-order valence-corrected chi connectivity index (χ4v) is 1.41. The average molecular weight is 331 g/mol. The molecule has 0 N–H and O–H groups in total. The molecule has 0 unspecified atom stereocenters. The van der Waals surface area contributed by atoms with Crippen molar-refractivity contribution in [2.75, 3.05) is 7.11 Å². The van der Waals surface area contributed by atoms with Crippen LogP contribution in [0.5, 0.6) is 5.75 Å². The summed E-state index contributed by atoms with van der Waals surface area (Å²) in [4.78, 5) is 0. The van der Waals surface area contributed by atoms with Crippen LogP contribution in [0.3, 0.4) is 0 Å². The maximum Gasteiger partial charge on any atom is 0.180 e. The lowest BCUT2D eigenvalue weighted by molar-refractivity contribution is 0.385. The third kappa shape index (κ3) is 1.84. The first kappa shape index (κ1) is 9.25. The molecule has 0 aromatic heterocycles. The Balaban J connectivity index is 3.25. The van der Waals surface area contributed by atoms with Gasteiger partial charge in [-0.2, -0.15) is 0 Å². The maximum absolute atomic E-state index is 13.1. The van der Waals surface area contributed by atoms with E-state index in [1.165, 1.54) is 7.11 Å². The molecule has 0 fully saturated rings. The van der Waals surface area contributed by atoms with Gasteiger partial charge in [0.15, 0.2) is 11.6 Å². The summed E-state index contributed by atoms with van der Waals surface area (Å²) in [5.41, 5.74) is 0. The van der Waals surface area contributed by atoms with Gasteiger partial charge in [-0.05, 0) is 50.7 Å². The van der Waals surface area contributed by atoms with Crippen LogP contribution in [0, 0.1) is 9.39 Å². The highest BCUT2D eigenvalue weighted by Crippen LogP contribution is 2.28. The van der Waals surface area contributed by atoms with Crippen molar-refractivity contribution in [1.29, 1.82) is 0 Å². The number of benzene rings is 1. The van der Waals surface area contributed by atoms with Crippen LogP contribution in [0.15, 0.2) is 16.6 Å². The van der Waals surface area contributed by atoms with Gasteiger partial charge in [0.25, 0.3) is 0 Å². The quantitative estimate of drug-likeness (QED) is 0.567. The van der Waals surface area contributed by atoms with Crippen molar-refractivity contribution in [3.05, 3.63) is 26.0 Å². The van der Waals surface area contributed by atoms with Gasteiger partial charge in [-0.1, -0.05) is 0 Å². The van der Waals surface area contributed by atoms with Crippen LogP contribution in [0.25, 0.3) is 0 Å². The van der Waals surface area contributed by atoms with E-state index in [4.69, 9.17) is 4.74 Å². The molecular formula is C7H5BrFIO. The number of ether oxygens (including phenoxy) is 1. The molecular weight excluding hydrogens is 326 g/mol. The van der Waals surface area contributed by atoms with E-state index in [0.29, 0.717) is 4.47 Å². The maximum atomic E-state index is 13.1.